The number of amides is 2. The van der Waals surface area contributed by atoms with Crippen LogP contribution in [0.25, 0.3) is 0 Å². The highest BCUT2D eigenvalue weighted by Crippen LogP contribution is 2.12. The largest absolute Gasteiger partial charge is 0.351 e. The fourth-order valence-corrected chi connectivity index (χ4v) is 2.33. The molecule has 1 rings (SSSR count). The predicted molar refractivity (Wildman–Crippen MR) is 93.5 cm³/mol. The number of para-hydroxylation sites is 1. The Kier molecular flexibility index (Phi) is 8.33. The van der Waals surface area contributed by atoms with Gasteiger partial charge in [-0.1, -0.05) is 39.0 Å². The van der Waals surface area contributed by atoms with E-state index >= 15 is 0 Å². The molecule has 5 heteroatoms. The van der Waals surface area contributed by atoms with Crippen molar-refractivity contribution in [3.63, 3.8) is 0 Å². The molecule has 0 aromatic heterocycles. The SMILES string of the molecule is CCC[NH+](CC(=O)NCC(C)C)CC(=O)Nc1ccccc1C. The van der Waals surface area contributed by atoms with Crippen LogP contribution in [0, 0.1) is 12.8 Å². The minimum atomic E-state index is -0.0561. The molecule has 0 fully saturated rings. The molecule has 1 aromatic carbocycles. The lowest BCUT2D eigenvalue weighted by Gasteiger charge is -2.18. The summed E-state index contributed by atoms with van der Waals surface area (Å²) in [6.45, 7) is 10.3. The molecule has 0 aliphatic heterocycles. The van der Waals surface area contributed by atoms with E-state index in [1.165, 1.54) is 0 Å². The van der Waals surface area contributed by atoms with Gasteiger partial charge in [-0.05, 0) is 30.9 Å². The van der Waals surface area contributed by atoms with Crippen LogP contribution in [0.3, 0.4) is 0 Å². The zero-order chi connectivity index (χ0) is 17.2. The maximum atomic E-state index is 12.2. The Morgan fingerprint density at radius 2 is 1.78 bits per heavy atom. The molecule has 23 heavy (non-hydrogen) atoms. The second kappa shape index (κ2) is 10.0. The van der Waals surface area contributed by atoms with Gasteiger partial charge in [-0.25, -0.2) is 0 Å². The van der Waals surface area contributed by atoms with Gasteiger partial charge in [-0.2, -0.15) is 0 Å². The van der Waals surface area contributed by atoms with Crippen molar-refractivity contribution >= 4 is 17.5 Å². The summed E-state index contributed by atoms with van der Waals surface area (Å²) in [6, 6.07) is 7.70. The second-order valence-corrected chi connectivity index (χ2v) is 6.41. The smallest absolute Gasteiger partial charge is 0.279 e. The highest BCUT2D eigenvalue weighted by Gasteiger charge is 2.18. The van der Waals surface area contributed by atoms with E-state index in [1.807, 2.05) is 31.2 Å². The van der Waals surface area contributed by atoms with Gasteiger partial charge in [-0.3, -0.25) is 9.59 Å². The molecule has 0 radical (unpaired) electrons. The molecule has 0 spiro atoms. The number of carbonyl (C=O) groups is 2. The van der Waals surface area contributed by atoms with E-state index in [4.69, 9.17) is 0 Å². The van der Waals surface area contributed by atoms with Crippen LogP contribution in [-0.4, -0.2) is 38.0 Å². The average Bonchev–Trinajstić information content (AvgIpc) is 2.47. The van der Waals surface area contributed by atoms with Gasteiger partial charge < -0.3 is 15.5 Å². The number of nitrogens with one attached hydrogen (secondary N) is 3. The van der Waals surface area contributed by atoms with Crippen molar-refractivity contribution in [2.75, 3.05) is 31.5 Å². The maximum absolute atomic E-state index is 12.2. The summed E-state index contributed by atoms with van der Waals surface area (Å²) in [5, 5.41) is 5.84. The number of quaternary nitrogens is 1. The molecular formula is C18H30N3O2+. The van der Waals surface area contributed by atoms with Gasteiger partial charge in [0.1, 0.15) is 0 Å². The number of rotatable bonds is 9. The minimum absolute atomic E-state index is 0.00541. The third kappa shape index (κ3) is 7.79. The first-order valence-corrected chi connectivity index (χ1v) is 8.38. The van der Waals surface area contributed by atoms with Gasteiger partial charge in [0.15, 0.2) is 13.1 Å². The first-order valence-electron chi connectivity index (χ1n) is 8.38. The lowest BCUT2D eigenvalue weighted by molar-refractivity contribution is -0.883. The summed E-state index contributed by atoms with van der Waals surface area (Å²) in [7, 11) is 0. The maximum Gasteiger partial charge on any atom is 0.279 e. The third-order valence-electron chi connectivity index (χ3n) is 3.55. The highest BCUT2D eigenvalue weighted by molar-refractivity contribution is 5.92. The molecule has 5 nitrogen and oxygen atoms in total. The summed E-state index contributed by atoms with van der Waals surface area (Å²) in [5.41, 5.74) is 1.87. The molecule has 0 aliphatic carbocycles. The quantitative estimate of drug-likeness (QED) is 0.636. The second-order valence-electron chi connectivity index (χ2n) is 6.41. The molecule has 0 bridgehead atoms. The van der Waals surface area contributed by atoms with Crippen LogP contribution in [-0.2, 0) is 9.59 Å². The number of hydrogen-bond donors (Lipinski definition) is 3. The van der Waals surface area contributed by atoms with Crippen molar-refractivity contribution in [1.82, 2.24) is 5.32 Å². The first kappa shape index (κ1) is 19.2. The zero-order valence-electron chi connectivity index (χ0n) is 14.7. The molecule has 0 saturated heterocycles. The van der Waals surface area contributed by atoms with E-state index in [1.54, 1.807) is 0 Å². The van der Waals surface area contributed by atoms with Crippen molar-refractivity contribution in [2.24, 2.45) is 5.92 Å². The monoisotopic (exact) mass is 320 g/mol. The van der Waals surface area contributed by atoms with E-state index in [-0.39, 0.29) is 11.8 Å². The van der Waals surface area contributed by atoms with Crippen LogP contribution < -0.4 is 15.5 Å². The summed E-state index contributed by atoms with van der Waals surface area (Å²) in [4.78, 5) is 25.2. The van der Waals surface area contributed by atoms with Gasteiger partial charge >= 0.3 is 0 Å². The number of hydrogen-bond acceptors (Lipinski definition) is 2. The van der Waals surface area contributed by atoms with Crippen LogP contribution in [0.4, 0.5) is 5.69 Å². The van der Waals surface area contributed by atoms with Crippen LogP contribution >= 0.6 is 0 Å². The van der Waals surface area contributed by atoms with Crippen LogP contribution in [0.1, 0.15) is 32.8 Å². The van der Waals surface area contributed by atoms with Gasteiger partial charge in [0.05, 0.1) is 6.54 Å². The number of carbonyl (C=O) groups excluding carboxylic acids is 2. The Bertz CT molecular complexity index is 515. The summed E-state index contributed by atoms with van der Waals surface area (Å²) in [5.74, 6) is 0.378. The van der Waals surface area contributed by atoms with Gasteiger partial charge in [0, 0.05) is 12.2 Å². The van der Waals surface area contributed by atoms with E-state index in [9.17, 15) is 9.59 Å². The lowest BCUT2D eigenvalue weighted by atomic mass is 10.2. The highest BCUT2D eigenvalue weighted by atomic mass is 16.2. The summed E-state index contributed by atoms with van der Waals surface area (Å²) >= 11 is 0. The average molecular weight is 320 g/mol. The molecule has 0 heterocycles. The Hall–Kier alpha value is -1.88. The fraction of sp³-hybridized carbons (Fsp3) is 0.556. The molecule has 1 atom stereocenters. The van der Waals surface area contributed by atoms with Gasteiger partial charge in [0.25, 0.3) is 11.8 Å². The normalized spacial score (nSPS) is 12.0. The third-order valence-corrected chi connectivity index (χ3v) is 3.55. The van der Waals surface area contributed by atoms with Crippen LogP contribution in [0.2, 0.25) is 0 Å². The molecule has 3 N–H and O–H groups in total. The minimum Gasteiger partial charge on any atom is -0.351 e. The number of aryl methyl sites for hydroxylation is 1. The van der Waals surface area contributed by atoms with Crippen molar-refractivity contribution in [2.45, 2.75) is 34.1 Å². The Morgan fingerprint density at radius 1 is 1.13 bits per heavy atom. The van der Waals surface area contributed by atoms with E-state index in [0.29, 0.717) is 25.6 Å². The summed E-state index contributed by atoms with van der Waals surface area (Å²) in [6.07, 6.45) is 0.935. The molecule has 0 aliphatic rings. The van der Waals surface area contributed by atoms with E-state index < -0.39 is 0 Å². The number of anilines is 1. The summed E-state index contributed by atoms with van der Waals surface area (Å²) < 4.78 is 0. The van der Waals surface area contributed by atoms with Crippen molar-refractivity contribution in [1.29, 1.82) is 0 Å². The Morgan fingerprint density at radius 3 is 2.39 bits per heavy atom. The molecule has 2 amide bonds. The molecule has 1 aromatic rings. The first-order chi connectivity index (χ1) is 10.9. The van der Waals surface area contributed by atoms with Gasteiger partial charge in [-0.15, -0.1) is 0 Å². The standard InChI is InChI=1S/C18H29N3O2/c1-5-10-21(12-17(22)19-11-14(2)3)13-18(23)20-16-9-7-6-8-15(16)4/h6-9,14H,5,10-13H2,1-4H3,(H,19,22)(H,20,23)/p+1. The zero-order valence-corrected chi connectivity index (χ0v) is 14.7. The van der Waals surface area contributed by atoms with Crippen LogP contribution in [0.5, 0.6) is 0 Å². The van der Waals surface area contributed by atoms with E-state index in [2.05, 4.69) is 31.4 Å². The van der Waals surface area contributed by atoms with Crippen molar-refractivity contribution in [3.8, 4) is 0 Å². The van der Waals surface area contributed by atoms with E-state index in [0.717, 1.165) is 29.1 Å². The Balaban J connectivity index is 2.52. The van der Waals surface area contributed by atoms with Crippen LogP contribution in [0.15, 0.2) is 24.3 Å². The van der Waals surface area contributed by atoms with Crippen molar-refractivity contribution in [3.05, 3.63) is 29.8 Å². The molecule has 0 saturated carbocycles. The topological polar surface area (TPSA) is 62.6 Å². The fourth-order valence-electron chi connectivity index (χ4n) is 2.33. The predicted octanol–water partition coefficient (Wildman–Crippen LogP) is 1.00. The molecule has 128 valence electrons. The van der Waals surface area contributed by atoms with Crippen molar-refractivity contribution < 1.29 is 14.5 Å². The molecular weight excluding hydrogens is 290 g/mol. The Labute approximate surface area is 139 Å². The van der Waals surface area contributed by atoms with Gasteiger partial charge in [0.2, 0.25) is 0 Å². The number of benzene rings is 1. The lowest BCUT2D eigenvalue weighted by Crippen LogP contribution is -3.14. The molecule has 1 unspecified atom stereocenters.